The zero-order valence-electron chi connectivity index (χ0n) is 10.5. The smallest absolute Gasteiger partial charge is 0.220 e. The van der Waals surface area contributed by atoms with E-state index in [1.165, 1.54) is 0 Å². The molecule has 0 fully saturated rings. The molecule has 18 heavy (non-hydrogen) atoms. The predicted octanol–water partition coefficient (Wildman–Crippen LogP) is 0.998. The fraction of sp³-hybridized carbons (Fsp3) is 0.385. The molecule has 2 rings (SSSR count). The van der Waals surface area contributed by atoms with Crippen LogP contribution in [0, 0.1) is 6.92 Å². The normalized spacial score (nSPS) is 10.8. The number of imidazole rings is 1. The van der Waals surface area contributed by atoms with Crippen molar-refractivity contribution in [1.82, 2.24) is 14.7 Å². The molecule has 0 bridgehead atoms. The largest absolute Gasteiger partial charge is 0.350 e. The SMILES string of the molecule is Cc1cccn2cc(CNC(=O)CCCN)nc12. The number of hydrogen-bond acceptors (Lipinski definition) is 3. The van der Waals surface area contributed by atoms with E-state index in [0.717, 1.165) is 23.3 Å². The zero-order valence-corrected chi connectivity index (χ0v) is 10.5. The summed E-state index contributed by atoms with van der Waals surface area (Å²) >= 11 is 0. The molecule has 2 heterocycles. The van der Waals surface area contributed by atoms with Crippen LogP contribution < -0.4 is 11.1 Å². The number of carbonyl (C=O) groups is 1. The van der Waals surface area contributed by atoms with Crippen molar-refractivity contribution in [2.24, 2.45) is 5.73 Å². The van der Waals surface area contributed by atoms with E-state index < -0.39 is 0 Å². The average Bonchev–Trinajstić information content (AvgIpc) is 2.78. The minimum absolute atomic E-state index is 0.0224. The Kier molecular flexibility index (Phi) is 3.94. The summed E-state index contributed by atoms with van der Waals surface area (Å²) in [4.78, 5) is 15.9. The van der Waals surface area contributed by atoms with Crippen LogP contribution in [-0.4, -0.2) is 21.8 Å². The molecule has 0 atom stereocenters. The summed E-state index contributed by atoms with van der Waals surface area (Å²) in [5, 5.41) is 2.84. The maximum absolute atomic E-state index is 11.5. The predicted molar refractivity (Wildman–Crippen MR) is 70.1 cm³/mol. The number of aromatic nitrogens is 2. The van der Waals surface area contributed by atoms with Crippen molar-refractivity contribution >= 4 is 11.6 Å². The molecule has 0 aliphatic heterocycles. The van der Waals surface area contributed by atoms with Crippen molar-refractivity contribution in [3.63, 3.8) is 0 Å². The maximum atomic E-state index is 11.5. The molecule has 2 aromatic rings. The van der Waals surface area contributed by atoms with E-state index in [1.54, 1.807) is 0 Å². The molecule has 0 saturated heterocycles. The van der Waals surface area contributed by atoms with Crippen molar-refractivity contribution in [2.75, 3.05) is 6.54 Å². The van der Waals surface area contributed by atoms with Gasteiger partial charge in [0.15, 0.2) is 0 Å². The van der Waals surface area contributed by atoms with Gasteiger partial charge in [0.2, 0.25) is 5.91 Å². The van der Waals surface area contributed by atoms with Gasteiger partial charge in [-0.15, -0.1) is 0 Å². The quantitative estimate of drug-likeness (QED) is 0.826. The first-order valence-corrected chi connectivity index (χ1v) is 6.10. The number of aryl methyl sites for hydroxylation is 1. The van der Waals surface area contributed by atoms with Crippen molar-refractivity contribution in [1.29, 1.82) is 0 Å². The number of nitrogens with one attached hydrogen (secondary N) is 1. The molecule has 5 heteroatoms. The third-order valence-electron chi connectivity index (χ3n) is 2.80. The van der Waals surface area contributed by atoms with E-state index >= 15 is 0 Å². The zero-order chi connectivity index (χ0) is 13.0. The highest BCUT2D eigenvalue weighted by atomic mass is 16.1. The van der Waals surface area contributed by atoms with Crippen molar-refractivity contribution < 1.29 is 4.79 Å². The van der Waals surface area contributed by atoms with E-state index in [2.05, 4.69) is 10.3 Å². The number of rotatable bonds is 5. The Balaban J connectivity index is 2.00. The molecule has 0 aromatic carbocycles. The summed E-state index contributed by atoms with van der Waals surface area (Å²) in [7, 11) is 0. The van der Waals surface area contributed by atoms with E-state index in [-0.39, 0.29) is 5.91 Å². The number of nitrogens with two attached hydrogens (primary N) is 1. The van der Waals surface area contributed by atoms with Crippen molar-refractivity contribution in [3.05, 3.63) is 35.8 Å². The highest BCUT2D eigenvalue weighted by Gasteiger charge is 2.05. The summed E-state index contributed by atoms with van der Waals surface area (Å²) < 4.78 is 1.97. The molecule has 0 spiro atoms. The highest BCUT2D eigenvalue weighted by Crippen LogP contribution is 2.09. The van der Waals surface area contributed by atoms with Gasteiger partial charge < -0.3 is 15.5 Å². The van der Waals surface area contributed by atoms with Crippen LogP contribution in [0.15, 0.2) is 24.5 Å². The first-order valence-electron chi connectivity index (χ1n) is 6.10. The van der Waals surface area contributed by atoms with Gasteiger partial charge in [-0.1, -0.05) is 6.07 Å². The minimum atomic E-state index is 0.0224. The first kappa shape index (κ1) is 12.6. The Labute approximate surface area is 106 Å². The van der Waals surface area contributed by atoms with Gasteiger partial charge in [0.05, 0.1) is 12.2 Å². The lowest BCUT2D eigenvalue weighted by molar-refractivity contribution is -0.121. The maximum Gasteiger partial charge on any atom is 0.220 e. The Morgan fingerprint density at radius 1 is 1.56 bits per heavy atom. The molecule has 0 radical (unpaired) electrons. The van der Waals surface area contributed by atoms with Crippen LogP contribution in [0.2, 0.25) is 0 Å². The number of carbonyl (C=O) groups excluding carboxylic acids is 1. The number of fused-ring (bicyclic) bond motifs is 1. The third kappa shape index (κ3) is 2.87. The number of hydrogen-bond donors (Lipinski definition) is 2. The molecule has 96 valence electrons. The molecule has 1 amide bonds. The average molecular weight is 246 g/mol. The van der Waals surface area contributed by atoms with Gasteiger partial charge in [-0.3, -0.25) is 4.79 Å². The molecule has 0 aliphatic carbocycles. The molecule has 2 aromatic heterocycles. The fourth-order valence-corrected chi connectivity index (χ4v) is 1.83. The second-order valence-electron chi connectivity index (χ2n) is 4.32. The Morgan fingerprint density at radius 3 is 3.11 bits per heavy atom. The Bertz CT molecular complexity index is 547. The van der Waals surface area contributed by atoms with Gasteiger partial charge in [0.1, 0.15) is 5.65 Å². The lowest BCUT2D eigenvalue weighted by Crippen LogP contribution is -2.23. The second-order valence-corrected chi connectivity index (χ2v) is 4.32. The van der Waals surface area contributed by atoms with Crippen LogP contribution in [0.4, 0.5) is 0 Å². The van der Waals surface area contributed by atoms with E-state index in [0.29, 0.717) is 19.5 Å². The number of nitrogens with zero attached hydrogens (tertiary/aromatic N) is 2. The van der Waals surface area contributed by atoms with Gasteiger partial charge in [0.25, 0.3) is 0 Å². The van der Waals surface area contributed by atoms with Crippen LogP contribution in [0.1, 0.15) is 24.1 Å². The van der Waals surface area contributed by atoms with Crippen molar-refractivity contribution in [3.8, 4) is 0 Å². The van der Waals surface area contributed by atoms with Crippen molar-refractivity contribution in [2.45, 2.75) is 26.3 Å². The molecular formula is C13H18N4O. The highest BCUT2D eigenvalue weighted by molar-refractivity contribution is 5.75. The third-order valence-corrected chi connectivity index (χ3v) is 2.80. The molecule has 0 saturated carbocycles. The monoisotopic (exact) mass is 246 g/mol. The summed E-state index contributed by atoms with van der Waals surface area (Å²) in [6.45, 7) is 3.03. The lowest BCUT2D eigenvalue weighted by Gasteiger charge is -2.01. The first-order chi connectivity index (χ1) is 8.70. The number of amides is 1. The molecule has 0 aliphatic rings. The fourth-order valence-electron chi connectivity index (χ4n) is 1.83. The molecule has 5 nitrogen and oxygen atoms in total. The molecular weight excluding hydrogens is 228 g/mol. The summed E-state index contributed by atoms with van der Waals surface area (Å²) in [5.74, 6) is 0.0224. The van der Waals surface area contributed by atoms with Crippen LogP contribution in [0.25, 0.3) is 5.65 Å². The van der Waals surface area contributed by atoms with Crippen LogP contribution in [0.3, 0.4) is 0 Å². The van der Waals surface area contributed by atoms with E-state index in [1.807, 2.05) is 35.9 Å². The summed E-state index contributed by atoms with van der Waals surface area (Å²) in [6.07, 6.45) is 5.08. The number of pyridine rings is 1. The Morgan fingerprint density at radius 2 is 2.39 bits per heavy atom. The van der Waals surface area contributed by atoms with Crippen LogP contribution >= 0.6 is 0 Å². The molecule has 0 unspecified atom stereocenters. The summed E-state index contributed by atoms with van der Waals surface area (Å²) in [6, 6.07) is 4.00. The topological polar surface area (TPSA) is 72.4 Å². The summed E-state index contributed by atoms with van der Waals surface area (Å²) in [5.41, 5.74) is 8.28. The van der Waals surface area contributed by atoms with Crippen LogP contribution in [0.5, 0.6) is 0 Å². The minimum Gasteiger partial charge on any atom is -0.350 e. The molecule has 3 N–H and O–H groups in total. The van der Waals surface area contributed by atoms with Gasteiger partial charge in [-0.05, 0) is 31.5 Å². The Hall–Kier alpha value is -1.88. The van der Waals surface area contributed by atoms with E-state index in [4.69, 9.17) is 5.73 Å². The van der Waals surface area contributed by atoms with Gasteiger partial charge in [-0.2, -0.15) is 0 Å². The second kappa shape index (κ2) is 5.64. The lowest BCUT2D eigenvalue weighted by atomic mass is 10.3. The van der Waals surface area contributed by atoms with Gasteiger partial charge in [-0.25, -0.2) is 4.98 Å². The van der Waals surface area contributed by atoms with Crippen LogP contribution in [-0.2, 0) is 11.3 Å². The van der Waals surface area contributed by atoms with Gasteiger partial charge in [0, 0.05) is 18.8 Å². The van der Waals surface area contributed by atoms with Gasteiger partial charge >= 0.3 is 0 Å². The van der Waals surface area contributed by atoms with E-state index in [9.17, 15) is 4.79 Å². The standard InChI is InChI=1S/C13H18N4O/c1-10-4-3-7-17-9-11(16-13(10)17)8-15-12(18)5-2-6-14/h3-4,7,9H,2,5-6,8,14H2,1H3,(H,15,18).